The molecular formula is C56H56N6O8. The first-order valence-corrected chi connectivity index (χ1v) is 23.4. The highest BCUT2D eigenvalue weighted by atomic mass is 16.6. The summed E-state index contributed by atoms with van der Waals surface area (Å²) in [4.78, 5) is 27.1. The third-order valence-corrected chi connectivity index (χ3v) is 11.6. The molecule has 7 heterocycles. The maximum absolute atomic E-state index is 6.08. The zero-order chi connectivity index (χ0) is 47.7. The van der Waals surface area contributed by atoms with Crippen LogP contribution in [0, 0.1) is 0 Å². The lowest BCUT2D eigenvalue weighted by molar-refractivity contribution is 0.0180. The van der Waals surface area contributed by atoms with Crippen LogP contribution in [0.3, 0.4) is 0 Å². The Bertz CT molecular complexity index is 2820. The van der Waals surface area contributed by atoms with Crippen LogP contribution in [0.5, 0.6) is 11.5 Å². The Morgan fingerprint density at radius 2 is 0.614 bits per heavy atom. The number of H-pyrrole nitrogens is 2. The quantitative estimate of drug-likeness (QED) is 0.0554. The van der Waals surface area contributed by atoms with Gasteiger partial charge in [-0.3, -0.25) is 9.97 Å². The fraction of sp³-hybridized carbons (Fsp3) is 0.250. The van der Waals surface area contributed by atoms with Crippen LogP contribution in [0.1, 0.15) is 22.8 Å². The van der Waals surface area contributed by atoms with Gasteiger partial charge in [0.2, 0.25) is 0 Å². The number of fused-ring (bicyclic) bond motifs is 8. The zero-order valence-electron chi connectivity index (χ0n) is 39.4. The molecule has 0 saturated carbocycles. The number of aromatic nitrogens is 6. The fourth-order valence-corrected chi connectivity index (χ4v) is 8.26. The third-order valence-electron chi connectivity index (χ3n) is 11.6. The number of pyridine rings is 2. The molecule has 0 fully saturated rings. The molecule has 14 nitrogen and oxygen atoms in total. The van der Waals surface area contributed by atoms with E-state index in [1.165, 1.54) is 0 Å². The number of hydrogen-bond donors (Lipinski definition) is 2. The van der Waals surface area contributed by atoms with Gasteiger partial charge in [-0.25, -0.2) is 9.97 Å². The van der Waals surface area contributed by atoms with E-state index in [1.54, 1.807) is 39.0 Å². The highest BCUT2D eigenvalue weighted by molar-refractivity contribution is 5.99. The van der Waals surface area contributed by atoms with Crippen molar-refractivity contribution >= 4 is 46.4 Å². The Hall–Kier alpha value is -7.30. The van der Waals surface area contributed by atoms with Crippen LogP contribution >= 0.6 is 0 Å². The summed E-state index contributed by atoms with van der Waals surface area (Å²) in [6.45, 7) is 5.90. The lowest BCUT2D eigenvalue weighted by atomic mass is 10.0. The lowest BCUT2D eigenvalue weighted by Gasteiger charge is -2.10. The molecule has 2 aromatic carbocycles. The van der Waals surface area contributed by atoms with Crippen LogP contribution in [0.15, 0.2) is 122 Å². The second-order valence-electron chi connectivity index (χ2n) is 16.2. The highest BCUT2D eigenvalue weighted by Crippen LogP contribution is 2.39. The first-order valence-electron chi connectivity index (χ1n) is 23.4. The van der Waals surface area contributed by atoms with E-state index >= 15 is 0 Å². The molecule has 2 aliphatic rings. The van der Waals surface area contributed by atoms with Gasteiger partial charge >= 0.3 is 0 Å². The summed E-state index contributed by atoms with van der Waals surface area (Å²) in [6, 6.07) is 32.7. The maximum Gasteiger partial charge on any atom is 0.119 e. The van der Waals surface area contributed by atoms with Crippen molar-refractivity contribution in [2.45, 2.75) is 0 Å². The Morgan fingerprint density at radius 3 is 0.929 bits per heavy atom. The molecule has 70 heavy (non-hydrogen) atoms. The molecule has 2 aliphatic heterocycles. The summed E-state index contributed by atoms with van der Waals surface area (Å²) in [7, 11) is 3.31. The van der Waals surface area contributed by atoms with E-state index in [2.05, 4.69) is 92.8 Å². The number of nitrogens with one attached hydrogen (secondary N) is 2. The van der Waals surface area contributed by atoms with E-state index in [-0.39, 0.29) is 0 Å². The first kappa shape index (κ1) is 47.8. The first-order chi connectivity index (χ1) is 34.7. The molecular weight excluding hydrogens is 885 g/mol. The Balaban J connectivity index is 1.12. The zero-order valence-corrected chi connectivity index (χ0v) is 39.4. The second kappa shape index (κ2) is 24.3. The largest absolute Gasteiger partial charge is 0.491 e. The normalized spacial score (nSPS) is 11.9. The monoisotopic (exact) mass is 940 g/mol. The minimum atomic E-state index is 0.408. The highest BCUT2D eigenvalue weighted by Gasteiger charge is 2.19. The SMILES string of the molecule is COCCOCCOCCOc1ccc(-c2c3nc(c(-c4ccncc4)c4ccc([nH]4)c(-c4ccc(OCCOCCOCCOC)cc4)c4nc(c(-c5ccncc5)c5ccc2[nH]5)C=C4)C=C3)cc1. The summed E-state index contributed by atoms with van der Waals surface area (Å²) in [5, 5.41) is 0. The van der Waals surface area contributed by atoms with Crippen molar-refractivity contribution in [3.63, 3.8) is 0 Å². The van der Waals surface area contributed by atoms with Crippen molar-refractivity contribution in [2.24, 2.45) is 0 Å². The summed E-state index contributed by atoms with van der Waals surface area (Å²) in [5.74, 6) is 1.47. The number of benzene rings is 2. The number of aromatic amines is 2. The van der Waals surface area contributed by atoms with Crippen molar-refractivity contribution < 1.29 is 37.9 Å². The summed E-state index contributed by atoms with van der Waals surface area (Å²) >= 11 is 0. The van der Waals surface area contributed by atoms with Crippen LogP contribution in [0.25, 0.3) is 90.9 Å². The van der Waals surface area contributed by atoms with Crippen LogP contribution in [0.4, 0.5) is 0 Å². The molecule has 0 spiro atoms. The van der Waals surface area contributed by atoms with Gasteiger partial charge in [0.1, 0.15) is 24.7 Å². The van der Waals surface area contributed by atoms with Gasteiger partial charge in [0.05, 0.1) is 88.8 Å². The van der Waals surface area contributed by atoms with Crippen molar-refractivity contribution in [3.05, 3.63) is 145 Å². The van der Waals surface area contributed by atoms with E-state index < -0.39 is 0 Å². The number of hydrogen-bond acceptors (Lipinski definition) is 12. The molecule has 5 aromatic heterocycles. The molecule has 0 aliphatic carbocycles. The second-order valence-corrected chi connectivity index (χ2v) is 16.2. The summed E-state index contributed by atoms with van der Waals surface area (Å²) in [6.07, 6.45) is 15.6. The number of methoxy groups -OCH3 is 2. The van der Waals surface area contributed by atoms with Gasteiger partial charge in [-0.1, -0.05) is 24.3 Å². The van der Waals surface area contributed by atoms with Gasteiger partial charge in [-0.05, 0) is 119 Å². The van der Waals surface area contributed by atoms with E-state index in [0.717, 1.165) is 101 Å². The molecule has 358 valence electrons. The molecule has 2 N–H and O–H groups in total. The third kappa shape index (κ3) is 11.9. The van der Waals surface area contributed by atoms with Gasteiger partial charge in [0.25, 0.3) is 0 Å². The van der Waals surface area contributed by atoms with E-state index in [0.29, 0.717) is 79.3 Å². The smallest absolute Gasteiger partial charge is 0.119 e. The molecule has 0 saturated heterocycles. The standard InChI is InChI=1S/C56H56N6O8/c1-63-27-29-65-31-33-67-35-37-69-43-7-3-39(4-8-43)53-45-11-15-49(59-45)55(41-19-23-57-24-20-41)51-17-13-47(61-51)54(40-5-9-44(10-6-40)70-38-36-68-34-32-66-30-28-64-2)48-14-18-52(62-48)56(42-21-25-58-26-22-42)50-16-12-46(53)60-50/h3-26,59,62H,27-38H2,1-2H3. The van der Waals surface area contributed by atoms with Crippen LogP contribution < -0.4 is 9.47 Å². The number of nitrogens with zero attached hydrogens (tertiary/aromatic N) is 4. The molecule has 0 atom stereocenters. The number of ether oxygens (including phenoxy) is 8. The topological polar surface area (TPSA) is 157 Å². The van der Waals surface area contributed by atoms with Crippen LogP contribution in [-0.4, -0.2) is 123 Å². The Kier molecular flexibility index (Phi) is 16.6. The van der Waals surface area contributed by atoms with Crippen molar-refractivity contribution in [2.75, 3.05) is 93.5 Å². The average molecular weight is 941 g/mol. The van der Waals surface area contributed by atoms with Gasteiger partial charge in [0.15, 0.2) is 0 Å². The number of rotatable bonds is 24. The summed E-state index contributed by atoms with van der Waals surface area (Å²) < 4.78 is 44.6. The van der Waals surface area contributed by atoms with Gasteiger partial charge in [-0.2, -0.15) is 0 Å². The molecule has 0 radical (unpaired) electrons. The van der Waals surface area contributed by atoms with Crippen molar-refractivity contribution in [1.82, 2.24) is 29.9 Å². The maximum atomic E-state index is 6.08. The minimum Gasteiger partial charge on any atom is -0.491 e. The van der Waals surface area contributed by atoms with E-state index in [1.807, 2.05) is 48.5 Å². The molecule has 7 aromatic rings. The molecule has 0 unspecified atom stereocenters. The van der Waals surface area contributed by atoms with Gasteiger partial charge in [-0.15, -0.1) is 0 Å². The molecule has 14 heteroatoms. The fourth-order valence-electron chi connectivity index (χ4n) is 8.26. The minimum absolute atomic E-state index is 0.408. The van der Waals surface area contributed by atoms with Crippen molar-refractivity contribution in [1.29, 1.82) is 0 Å². The predicted molar refractivity (Wildman–Crippen MR) is 274 cm³/mol. The lowest BCUT2D eigenvalue weighted by Crippen LogP contribution is -2.12. The van der Waals surface area contributed by atoms with Crippen molar-refractivity contribution in [3.8, 4) is 56.0 Å². The van der Waals surface area contributed by atoms with Crippen LogP contribution in [0.2, 0.25) is 0 Å². The molecule has 9 rings (SSSR count). The predicted octanol–water partition coefficient (Wildman–Crippen LogP) is 10.2. The van der Waals surface area contributed by atoms with E-state index in [9.17, 15) is 0 Å². The summed E-state index contributed by atoms with van der Waals surface area (Å²) in [5.41, 5.74) is 14.4. The molecule has 8 bridgehead atoms. The van der Waals surface area contributed by atoms with E-state index in [4.69, 9.17) is 47.9 Å². The van der Waals surface area contributed by atoms with Gasteiger partial charge < -0.3 is 47.9 Å². The van der Waals surface area contributed by atoms with Gasteiger partial charge in [0, 0.05) is 83.3 Å². The van der Waals surface area contributed by atoms with Crippen LogP contribution in [-0.2, 0) is 28.4 Å². The molecule has 0 amide bonds. The Labute approximate surface area is 406 Å². The average Bonchev–Trinajstić information content (AvgIpc) is 4.26. The Morgan fingerprint density at radius 1 is 0.329 bits per heavy atom.